The van der Waals surface area contributed by atoms with Gasteiger partial charge >= 0.3 is 0 Å². The van der Waals surface area contributed by atoms with Crippen LogP contribution in [0.2, 0.25) is 0 Å². The highest BCUT2D eigenvalue weighted by Gasteiger charge is 2.42. The van der Waals surface area contributed by atoms with Gasteiger partial charge in [-0.2, -0.15) is 0 Å². The molecular weight excluding hydrogens is 383 g/mol. The number of rotatable bonds is 5. The van der Waals surface area contributed by atoms with Gasteiger partial charge in [-0.05, 0) is 78.6 Å². The van der Waals surface area contributed by atoms with E-state index in [4.69, 9.17) is 22.7 Å². The number of pyridine rings is 1. The van der Waals surface area contributed by atoms with Gasteiger partial charge in [0.1, 0.15) is 5.82 Å². The van der Waals surface area contributed by atoms with E-state index in [1.54, 1.807) is 12.3 Å². The molecule has 2 aromatic rings. The zero-order chi connectivity index (χ0) is 20.2. The number of nitrogens with zero attached hydrogens (tertiary/aromatic N) is 1. The summed E-state index contributed by atoms with van der Waals surface area (Å²) in [6, 6.07) is 10.6. The molecule has 0 saturated heterocycles. The van der Waals surface area contributed by atoms with Crippen LogP contribution in [0.4, 0.5) is 4.39 Å². The normalized spacial score (nSPS) is 26.4. The average molecular weight is 411 g/mol. The van der Waals surface area contributed by atoms with Crippen molar-refractivity contribution in [3.05, 3.63) is 60.2 Å². The van der Waals surface area contributed by atoms with Crippen molar-refractivity contribution in [3.63, 3.8) is 0 Å². The van der Waals surface area contributed by atoms with Crippen LogP contribution in [0.5, 0.6) is 0 Å². The molecule has 0 spiro atoms. The van der Waals surface area contributed by atoms with E-state index >= 15 is 0 Å². The predicted octanol–water partition coefficient (Wildman–Crippen LogP) is 5.60. The van der Waals surface area contributed by atoms with Crippen LogP contribution in [-0.2, 0) is 4.74 Å². The number of fused-ring (bicyclic) bond motifs is 1. The minimum atomic E-state index is -0.236. The highest BCUT2D eigenvalue weighted by Crippen LogP contribution is 2.49. The van der Waals surface area contributed by atoms with Crippen molar-refractivity contribution in [3.8, 4) is 11.1 Å². The number of ether oxygens (including phenoxy) is 1. The van der Waals surface area contributed by atoms with Crippen LogP contribution in [0.3, 0.4) is 0 Å². The SMILES string of the molecule is NC(=S)OC[C@H]1C[C@H]2CCCC[C@H]2[C@@H]1/C=C/c1ccc(-c2cccc(F)c2)cn1. The third-order valence-electron chi connectivity index (χ3n) is 6.49. The third-order valence-corrected chi connectivity index (χ3v) is 6.60. The summed E-state index contributed by atoms with van der Waals surface area (Å²) < 4.78 is 19.0. The molecule has 3 nitrogen and oxygen atoms in total. The first-order valence-electron chi connectivity index (χ1n) is 10.4. The summed E-state index contributed by atoms with van der Waals surface area (Å²) in [7, 11) is 0. The number of nitrogens with two attached hydrogens (primary N) is 1. The predicted molar refractivity (Wildman–Crippen MR) is 118 cm³/mol. The summed E-state index contributed by atoms with van der Waals surface area (Å²) in [6.07, 6.45) is 12.7. The summed E-state index contributed by atoms with van der Waals surface area (Å²) in [5, 5.41) is 0.136. The number of hydrogen-bond donors (Lipinski definition) is 1. The Kier molecular flexibility index (Phi) is 6.24. The fraction of sp³-hybridized carbons (Fsp3) is 0.417. The van der Waals surface area contributed by atoms with Crippen LogP contribution < -0.4 is 5.73 Å². The molecule has 2 N–H and O–H groups in total. The van der Waals surface area contributed by atoms with E-state index in [2.05, 4.69) is 17.1 Å². The number of hydrogen-bond acceptors (Lipinski definition) is 3. The van der Waals surface area contributed by atoms with E-state index in [0.29, 0.717) is 24.4 Å². The summed E-state index contributed by atoms with van der Waals surface area (Å²) in [6.45, 7) is 0.600. The Morgan fingerprint density at radius 3 is 2.83 bits per heavy atom. The van der Waals surface area contributed by atoms with Gasteiger partial charge in [0.15, 0.2) is 0 Å². The second-order valence-electron chi connectivity index (χ2n) is 8.25. The van der Waals surface area contributed by atoms with Gasteiger partial charge in [0.05, 0.1) is 12.3 Å². The largest absolute Gasteiger partial charge is 0.471 e. The first kappa shape index (κ1) is 20.0. The molecule has 0 amide bonds. The standard InChI is InChI=1S/C24H27FN2OS/c25-20-6-3-5-16(13-20)18-8-9-21(27-14-18)10-11-23-19(15-28-24(26)29)12-17-4-1-2-7-22(17)23/h3,5-6,8-11,13-14,17,19,22-23H,1-2,4,7,12,15H2,(H2,26,29)/b11-10+/t17-,19-,22-,23-/m1/s1. The Hall–Kier alpha value is -2.27. The molecule has 2 fully saturated rings. The van der Waals surface area contributed by atoms with Crippen LogP contribution in [0, 0.1) is 29.5 Å². The van der Waals surface area contributed by atoms with Crippen molar-refractivity contribution in [1.82, 2.24) is 4.98 Å². The van der Waals surface area contributed by atoms with Gasteiger partial charge in [0.2, 0.25) is 0 Å². The van der Waals surface area contributed by atoms with E-state index in [9.17, 15) is 4.39 Å². The molecule has 2 saturated carbocycles. The Balaban J connectivity index is 1.48. The van der Waals surface area contributed by atoms with Crippen LogP contribution >= 0.6 is 12.2 Å². The lowest BCUT2D eigenvalue weighted by Crippen LogP contribution is -2.23. The molecule has 1 aromatic heterocycles. The molecule has 2 aliphatic rings. The van der Waals surface area contributed by atoms with Gasteiger partial charge in [0, 0.05) is 11.8 Å². The van der Waals surface area contributed by atoms with Gasteiger partial charge in [-0.1, -0.05) is 43.5 Å². The molecule has 2 aliphatic carbocycles. The monoisotopic (exact) mass is 410 g/mol. The highest BCUT2D eigenvalue weighted by atomic mass is 32.1. The maximum atomic E-state index is 13.5. The number of aromatic nitrogens is 1. The summed E-state index contributed by atoms with van der Waals surface area (Å²) >= 11 is 4.90. The molecule has 5 heteroatoms. The van der Waals surface area contributed by atoms with Crippen LogP contribution in [0.25, 0.3) is 17.2 Å². The van der Waals surface area contributed by atoms with Gasteiger partial charge in [-0.3, -0.25) is 4.98 Å². The quantitative estimate of drug-likeness (QED) is 0.652. The van der Waals surface area contributed by atoms with E-state index in [0.717, 1.165) is 22.7 Å². The highest BCUT2D eigenvalue weighted by molar-refractivity contribution is 7.80. The second-order valence-corrected chi connectivity index (χ2v) is 8.66. The topological polar surface area (TPSA) is 48.1 Å². The zero-order valence-electron chi connectivity index (χ0n) is 16.5. The van der Waals surface area contributed by atoms with E-state index in [1.807, 2.05) is 18.2 Å². The van der Waals surface area contributed by atoms with E-state index in [-0.39, 0.29) is 11.0 Å². The smallest absolute Gasteiger partial charge is 0.253 e. The minimum absolute atomic E-state index is 0.136. The van der Waals surface area contributed by atoms with Crippen LogP contribution in [-0.4, -0.2) is 16.8 Å². The molecule has 1 heterocycles. The summed E-state index contributed by atoms with van der Waals surface area (Å²) in [5.41, 5.74) is 8.22. The second kappa shape index (κ2) is 9.04. The third kappa shape index (κ3) is 4.84. The number of allylic oxidation sites excluding steroid dienone is 1. The fourth-order valence-corrected chi connectivity index (χ4v) is 5.22. The zero-order valence-corrected chi connectivity index (χ0v) is 17.3. The Bertz CT molecular complexity index is 883. The Morgan fingerprint density at radius 2 is 2.07 bits per heavy atom. The van der Waals surface area contributed by atoms with Crippen molar-refractivity contribution in [2.75, 3.05) is 6.61 Å². The molecule has 0 unspecified atom stereocenters. The van der Waals surface area contributed by atoms with Crippen LogP contribution in [0.15, 0.2) is 48.7 Å². The molecule has 29 heavy (non-hydrogen) atoms. The van der Waals surface area contributed by atoms with Crippen LogP contribution in [0.1, 0.15) is 37.8 Å². The van der Waals surface area contributed by atoms with Gasteiger partial charge in [-0.15, -0.1) is 0 Å². The summed E-state index contributed by atoms with van der Waals surface area (Å²) in [5.74, 6) is 2.18. The van der Waals surface area contributed by atoms with Crippen molar-refractivity contribution >= 4 is 23.5 Å². The Labute approximate surface area is 177 Å². The van der Waals surface area contributed by atoms with Gasteiger partial charge in [0.25, 0.3) is 5.17 Å². The maximum Gasteiger partial charge on any atom is 0.253 e. The average Bonchev–Trinajstić information content (AvgIpc) is 3.08. The fourth-order valence-electron chi connectivity index (χ4n) is 5.15. The minimum Gasteiger partial charge on any atom is -0.471 e. The summed E-state index contributed by atoms with van der Waals surface area (Å²) in [4.78, 5) is 4.57. The molecular formula is C24H27FN2OS. The molecule has 0 aliphatic heterocycles. The molecule has 4 rings (SSSR count). The molecule has 0 bridgehead atoms. The van der Waals surface area contributed by atoms with Gasteiger partial charge < -0.3 is 10.5 Å². The van der Waals surface area contributed by atoms with E-state index in [1.165, 1.54) is 44.2 Å². The van der Waals surface area contributed by atoms with E-state index < -0.39 is 0 Å². The lowest BCUT2D eigenvalue weighted by Gasteiger charge is -2.28. The number of thiocarbonyl (C=S) groups is 1. The molecule has 152 valence electrons. The molecule has 1 aromatic carbocycles. The number of benzene rings is 1. The van der Waals surface area contributed by atoms with Crippen molar-refractivity contribution < 1.29 is 9.13 Å². The van der Waals surface area contributed by atoms with Crippen molar-refractivity contribution in [1.29, 1.82) is 0 Å². The number of halogens is 1. The van der Waals surface area contributed by atoms with Crippen molar-refractivity contribution in [2.24, 2.45) is 29.4 Å². The molecule has 4 atom stereocenters. The first-order valence-corrected chi connectivity index (χ1v) is 10.8. The first-order chi connectivity index (χ1) is 14.1. The van der Waals surface area contributed by atoms with Crippen molar-refractivity contribution in [2.45, 2.75) is 32.1 Å². The lowest BCUT2D eigenvalue weighted by atomic mass is 9.77. The van der Waals surface area contributed by atoms with Gasteiger partial charge in [-0.25, -0.2) is 4.39 Å². The molecule has 0 radical (unpaired) electrons. The lowest BCUT2D eigenvalue weighted by molar-refractivity contribution is 0.206. The Morgan fingerprint density at radius 1 is 1.21 bits per heavy atom. The maximum absolute atomic E-state index is 13.5.